The van der Waals surface area contributed by atoms with Crippen LogP contribution >= 0.6 is 12.2 Å². The fourth-order valence-electron chi connectivity index (χ4n) is 2.60. The molecule has 2 atom stereocenters. The van der Waals surface area contributed by atoms with Crippen molar-refractivity contribution < 1.29 is 4.92 Å². The second-order valence-corrected chi connectivity index (χ2v) is 6.63. The number of non-ortho nitro benzene ring substituents is 1. The third-order valence-corrected chi connectivity index (χ3v) is 4.98. The van der Waals surface area contributed by atoms with Gasteiger partial charge in [-0.1, -0.05) is 45.2 Å². The third kappa shape index (κ3) is 6.07. The van der Waals surface area contributed by atoms with Gasteiger partial charge in [-0.25, -0.2) is 0 Å². The van der Waals surface area contributed by atoms with E-state index in [2.05, 4.69) is 19.2 Å². The molecule has 0 aromatic heterocycles. The number of nitrogens with zero attached hydrogens (tertiary/aromatic N) is 2. The number of hydrogen-bond acceptors (Lipinski definition) is 3. The first-order valence-electron chi connectivity index (χ1n) is 8.65. The molecule has 1 aromatic carbocycles. The smallest absolute Gasteiger partial charge is 0.269 e. The van der Waals surface area contributed by atoms with E-state index in [1.807, 2.05) is 24.9 Å². The van der Waals surface area contributed by atoms with Crippen molar-refractivity contribution in [3.05, 3.63) is 39.9 Å². The molecule has 0 aliphatic rings. The summed E-state index contributed by atoms with van der Waals surface area (Å²) >= 11 is 5.50. The molecule has 0 saturated heterocycles. The lowest BCUT2D eigenvalue weighted by molar-refractivity contribution is -0.384. The van der Waals surface area contributed by atoms with Crippen molar-refractivity contribution in [2.75, 3.05) is 13.6 Å². The Hall–Kier alpha value is -1.69. The van der Waals surface area contributed by atoms with Gasteiger partial charge in [-0.3, -0.25) is 10.1 Å². The van der Waals surface area contributed by atoms with Crippen molar-refractivity contribution in [2.45, 2.75) is 52.5 Å². The van der Waals surface area contributed by atoms with Crippen LogP contribution in [0.3, 0.4) is 0 Å². The monoisotopic (exact) mass is 351 g/mol. The van der Waals surface area contributed by atoms with Gasteiger partial charge in [0, 0.05) is 25.7 Å². The number of thiocarbonyl (C=S) groups is 1. The molecule has 1 rings (SSSR count). The summed E-state index contributed by atoms with van der Waals surface area (Å²) in [5, 5.41) is 15.0. The van der Waals surface area contributed by atoms with Gasteiger partial charge in [0.05, 0.1) is 11.0 Å². The molecule has 0 aliphatic heterocycles. The maximum Gasteiger partial charge on any atom is 0.269 e. The molecule has 1 N–H and O–H groups in total. The van der Waals surface area contributed by atoms with Gasteiger partial charge in [-0.05, 0) is 37.0 Å². The number of rotatable bonds is 9. The fourth-order valence-corrected chi connectivity index (χ4v) is 2.84. The number of nitrogens with one attached hydrogen (secondary N) is 1. The Balaban J connectivity index is 2.64. The van der Waals surface area contributed by atoms with Crippen LogP contribution in [0.2, 0.25) is 0 Å². The van der Waals surface area contributed by atoms with Crippen molar-refractivity contribution in [1.82, 2.24) is 10.2 Å². The summed E-state index contributed by atoms with van der Waals surface area (Å²) in [5.41, 5.74) is 0.992. The Bertz CT molecular complexity index is 551. The minimum absolute atomic E-state index is 0.0272. The summed E-state index contributed by atoms with van der Waals surface area (Å²) in [6.07, 6.45) is 4.81. The van der Waals surface area contributed by atoms with Crippen LogP contribution in [0.1, 0.15) is 58.1 Å². The van der Waals surface area contributed by atoms with E-state index in [-0.39, 0.29) is 16.7 Å². The molecule has 0 bridgehead atoms. The molecular formula is C18H29N3O2S. The van der Waals surface area contributed by atoms with Gasteiger partial charge in [0.15, 0.2) is 5.11 Å². The number of benzene rings is 1. The zero-order chi connectivity index (χ0) is 18.1. The maximum absolute atomic E-state index is 10.9. The molecule has 134 valence electrons. The molecular weight excluding hydrogens is 322 g/mol. The lowest BCUT2D eigenvalue weighted by atomic mass is 9.99. The van der Waals surface area contributed by atoms with Gasteiger partial charge >= 0.3 is 0 Å². The van der Waals surface area contributed by atoms with Gasteiger partial charge in [-0.15, -0.1) is 0 Å². The van der Waals surface area contributed by atoms with Gasteiger partial charge in [0.2, 0.25) is 0 Å². The fraction of sp³-hybridized carbons (Fsp3) is 0.611. The third-order valence-electron chi connectivity index (χ3n) is 4.55. The highest BCUT2D eigenvalue weighted by Gasteiger charge is 2.17. The number of nitro groups is 1. The Morgan fingerprint density at radius 3 is 2.71 bits per heavy atom. The molecule has 0 heterocycles. The minimum atomic E-state index is -0.369. The van der Waals surface area contributed by atoms with E-state index >= 15 is 0 Å². The highest BCUT2D eigenvalue weighted by atomic mass is 32.1. The number of nitro benzene ring substituents is 1. The first-order valence-corrected chi connectivity index (χ1v) is 9.06. The van der Waals surface area contributed by atoms with Gasteiger partial charge < -0.3 is 10.2 Å². The Morgan fingerprint density at radius 1 is 1.42 bits per heavy atom. The molecule has 6 heteroatoms. The highest BCUT2D eigenvalue weighted by molar-refractivity contribution is 7.80. The van der Waals surface area contributed by atoms with Gasteiger partial charge in [0.1, 0.15) is 0 Å². The van der Waals surface area contributed by atoms with Crippen LogP contribution in [0.25, 0.3) is 0 Å². The second kappa shape index (κ2) is 10.2. The van der Waals surface area contributed by atoms with E-state index in [0.717, 1.165) is 18.5 Å². The van der Waals surface area contributed by atoms with E-state index < -0.39 is 0 Å². The molecule has 24 heavy (non-hydrogen) atoms. The standard InChI is InChI=1S/C18H29N3O2S/c1-5-7-9-15(6-2)13-19-18(24)20(4)14(3)16-10-8-11-17(12-16)21(22)23/h8,10-12,14-15H,5-7,9,13H2,1-4H3,(H,19,24)/t14-,15+/m1/s1. The average Bonchev–Trinajstić information content (AvgIpc) is 2.60. The van der Waals surface area contributed by atoms with Gasteiger partial charge in [0.25, 0.3) is 5.69 Å². The van der Waals surface area contributed by atoms with E-state index in [0.29, 0.717) is 11.0 Å². The maximum atomic E-state index is 10.9. The van der Waals surface area contributed by atoms with Crippen molar-refractivity contribution in [3.63, 3.8) is 0 Å². The summed E-state index contributed by atoms with van der Waals surface area (Å²) in [6.45, 7) is 7.29. The number of unbranched alkanes of at least 4 members (excludes halogenated alkanes) is 1. The van der Waals surface area contributed by atoms with E-state index in [1.54, 1.807) is 12.1 Å². The summed E-state index contributed by atoms with van der Waals surface area (Å²) < 4.78 is 0. The number of hydrogen-bond donors (Lipinski definition) is 1. The van der Waals surface area contributed by atoms with Crippen molar-refractivity contribution in [1.29, 1.82) is 0 Å². The van der Waals surface area contributed by atoms with Crippen molar-refractivity contribution in [3.8, 4) is 0 Å². The largest absolute Gasteiger partial charge is 0.362 e. The molecule has 0 radical (unpaired) electrons. The predicted molar refractivity (Wildman–Crippen MR) is 103 cm³/mol. The molecule has 0 unspecified atom stereocenters. The van der Waals surface area contributed by atoms with Crippen LogP contribution in [-0.4, -0.2) is 28.5 Å². The van der Waals surface area contributed by atoms with E-state index in [1.165, 1.54) is 25.3 Å². The summed E-state index contributed by atoms with van der Waals surface area (Å²) in [7, 11) is 1.92. The summed E-state index contributed by atoms with van der Waals surface area (Å²) in [5.74, 6) is 0.629. The predicted octanol–water partition coefficient (Wildman–Crippen LogP) is 4.68. The SMILES string of the molecule is CCCC[C@H](CC)CNC(=S)N(C)[C@H](C)c1cccc([N+](=O)[O-])c1. The lowest BCUT2D eigenvalue weighted by Gasteiger charge is -2.29. The Labute approximate surface area is 150 Å². The first kappa shape index (κ1) is 20.4. The topological polar surface area (TPSA) is 58.4 Å². The molecule has 0 spiro atoms. The highest BCUT2D eigenvalue weighted by Crippen LogP contribution is 2.23. The zero-order valence-electron chi connectivity index (χ0n) is 15.1. The molecule has 5 nitrogen and oxygen atoms in total. The summed E-state index contributed by atoms with van der Waals surface area (Å²) in [4.78, 5) is 12.5. The molecule has 0 saturated carbocycles. The average molecular weight is 352 g/mol. The summed E-state index contributed by atoms with van der Waals surface area (Å²) in [6, 6.07) is 6.70. The van der Waals surface area contributed by atoms with Crippen LogP contribution in [0, 0.1) is 16.0 Å². The quantitative estimate of drug-likeness (QED) is 0.398. The normalized spacial score (nSPS) is 13.2. The van der Waals surface area contributed by atoms with Crippen LogP contribution in [0.15, 0.2) is 24.3 Å². The zero-order valence-corrected chi connectivity index (χ0v) is 15.9. The molecule has 0 aliphatic carbocycles. The molecule has 0 amide bonds. The van der Waals surface area contributed by atoms with Crippen LogP contribution in [-0.2, 0) is 0 Å². The second-order valence-electron chi connectivity index (χ2n) is 6.24. The molecule has 0 fully saturated rings. The van der Waals surface area contributed by atoms with Crippen molar-refractivity contribution in [2.24, 2.45) is 5.92 Å². The van der Waals surface area contributed by atoms with Gasteiger partial charge in [-0.2, -0.15) is 0 Å². The Kier molecular flexibility index (Phi) is 8.68. The van der Waals surface area contributed by atoms with Crippen molar-refractivity contribution >= 4 is 23.0 Å². The minimum Gasteiger partial charge on any atom is -0.362 e. The van der Waals surface area contributed by atoms with Crippen LogP contribution in [0.4, 0.5) is 5.69 Å². The Morgan fingerprint density at radius 2 is 2.12 bits per heavy atom. The van der Waals surface area contributed by atoms with Crippen LogP contribution < -0.4 is 5.32 Å². The van der Waals surface area contributed by atoms with E-state index in [9.17, 15) is 10.1 Å². The molecule has 1 aromatic rings. The first-order chi connectivity index (χ1) is 11.4. The van der Waals surface area contributed by atoms with Crippen LogP contribution in [0.5, 0.6) is 0 Å². The lowest BCUT2D eigenvalue weighted by Crippen LogP contribution is -2.40. The van der Waals surface area contributed by atoms with E-state index in [4.69, 9.17) is 12.2 Å².